The van der Waals surface area contributed by atoms with E-state index in [1.807, 2.05) is 6.07 Å². The number of hydrogen-bond acceptors (Lipinski definition) is 7. The number of nitrogens with zero attached hydrogens (tertiary/aromatic N) is 2. The van der Waals surface area contributed by atoms with E-state index >= 15 is 0 Å². The standard InChI is InChI=1S/C14H11N3O5S/c18-14(12-8-21-10-3-1-2-4-11(10)22-12)16-15-7-9-5-6-13(23-9)17(19)20/h1-7,12H,8H2,(H,16,18)/b15-7+/t12-/m1/s1. The Hall–Kier alpha value is -2.94. The summed E-state index contributed by atoms with van der Waals surface area (Å²) in [5.41, 5.74) is 2.33. The molecule has 0 fully saturated rings. The molecule has 0 aliphatic carbocycles. The van der Waals surface area contributed by atoms with E-state index in [4.69, 9.17) is 9.47 Å². The van der Waals surface area contributed by atoms with Crippen LogP contribution < -0.4 is 14.9 Å². The molecule has 1 atom stereocenters. The predicted octanol–water partition coefficient (Wildman–Crippen LogP) is 1.95. The smallest absolute Gasteiger partial charge is 0.324 e. The quantitative estimate of drug-likeness (QED) is 0.523. The molecule has 23 heavy (non-hydrogen) atoms. The number of rotatable bonds is 4. The molecule has 3 rings (SSSR count). The van der Waals surface area contributed by atoms with Crippen molar-refractivity contribution in [3.63, 3.8) is 0 Å². The van der Waals surface area contributed by atoms with E-state index in [-0.39, 0.29) is 11.6 Å². The van der Waals surface area contributed by atoms with Gasteiger partial charge in [0.1, 0.15) is 6.61 Å². The summed E-state index contributed by atoms with van der Waals surface area (Å²) in [5, 5.41) is 14.4. The number of ether oxygens (including phenoxy) is 2. The number of amides is 1. The third-order valence-electron chi connectivity index (χ3n) is 2.96. The van der Waals surface area contributed by atoms with Crippen molar-refractivity contribution in [2.24, 2.45) is 5.10 Å². The number of thiophene rings is 1. The summed E-state index contributed by atoms with van der Waals surface area (Å²) in [6, 6.07) is 9.99. The molecule has 1 aliphatic heterocycles. The van der Waals surface area contributed by atoms with E-state index in [0.29, 0.717) is 16.4 Å². The maximum absolute atomic E-state index is 12.0. The Kier molecular flexibility index (Phi) is 4.20. The van der Waals surface area contributed by atoms with Crippen molar-refractivity contribution in [3.8, 4) is 11.5 Å². The first kappa shape index (κ1) is 15.0. The van der Waals surface area contributed by atoms with Crippen LogP contribution in [0.5, 0.6) is 11.5 Å². The van der Waals surface area contributed by atoms with Crippen LogP contribution in [0.15, 0.2) is 41.5 Å². The first-order chi connectivity index (χ1) is 11.1. The molecular formula is C14H11N3O5S. The van der Waals surface area contributed by atoms with Gasteiger partial charge in [0.05, 0.1) is 16.0 Å². The highest BCUT2D eigenvalue weighted by atomic mass is 32.1. The lowest BCUT2D eigenvalue weighted by molar-refractivity contribution is -0.380. The third kappa shape index (κ3) is 3.46. The van der Waals surface area contributed by atoms with Crippen LogP contribution in [0.2, 0.25) is 0 Å². The summed E-state index contributed by atoms with van der Waals surface area (Å²) in [5.74, 6) is 0.629. The number of hydrogen-bond donors (Lipinski definition) is 1. The summed E-state index contributed by atoms with van der Waals surface area (Å²) in [6.45, 7) is 0.0862. The van der Waals surface area contributed by atoms with Crippen molar-refractivity contribution in [1.82, 2.24) is 5.43 Å². The lowest BCUT2D eigenvalue weighted by Gasteiger charge is -2.24. The van der Waals surface area contributed by atoms with Crippen LogP contribution in [0.4, 0.5) is 5.00 Å². The lowest BCUT2D eigenvalue weighted by atomic mass is 10.2. The number of hydrazone groups is 1. The molecule has 8 nitrogen and oxygen atoms in total. The molecule has 2 aromatic rings. The molecule has 0 unspecified atom stereocenters. The summed E-state index contributed by atoms with van der Waals surface area (Å²) in [7, 11) is 0. The van der Waals surface area contributed by atoms with Gasteiger partial charge in [-0.05, 0) is 18.2 Å². The summed E-state index contributed by atoms with van der Waals surface area (Å²) in [6.07, 6.45) is 0.535. The average Bonchev–Trinajstić information content (AvgIpc) is 3.03. The summed E-state index contributed by atoms with van der Waals surface area (Å²) < 4.78 is 11.0. The molecule has 0 radical (unpaired) electrons. The third-order valence-corrected chi connectivity index (χ3v) is 3.93. The minimum Gasteiger partial charge on any atom is -0.485 e. The van der Waals surface area contributed by atoms with Crippen molar-refractivity contribution in [3.05, 3.63) is 51.4 Å². The predicted molar refractivity (Wildman–Crippen MR) is 83.1 cm³/mol. The molecule has 1 amide bonds. The van der Waals surface area contributed by atoms with Gasteiger partial charge in [-0.3, -0.25) is 14.9 Å². The van der Waals surface area contributed by atoms with Gasteiger partial charge in [0.25, 0.3) is 5.91 Å². The minimum atomic E-state index is -0.806. The maximum atomic E-state index is 12.0. The second-order valence-electron chi connectivity index (χ2n) is 4.53. The Morgan fingerprint density at radius 1 is 1.35 bits per heavy atom. The van der Waals surface area contributed by atoms with Crippen LogP contribution in [0.3, 0.4) is 0 Å². The SMILES string of the molecule is O=C(N/N=C/c1ccc([N+](=O)[O-])s1)[C@H]1COc2ccccc2O1. The van der Waals surface area contributed by atoms with Crippen molar-refractivity contribution >= 4 is 28.5 Å². The van der Waals surface area contributed by atoms with Gasteiger partial charge >= 0.3 is 5.00 Å². The zero-order valence-electron chi connectivity index (χ0n) is 11.7. The van der Waals surface area contributed by atoms with Crippen LogP contribution in [0, 0.1) is 10.1 Å². The highest BCUT2D eigenvalue weighted by Crippen LogP contribution is 2.30. The van der Waals surface area contributed by atoms with Gasteiger partial charge in [0, 0.05) is 6.07 Å². The van der Waals surface area contributed by atoms with E-state index in [1.54, 1.807) is 24.3 Å². The molecule has 0 saturated carbocycles. The highest BCUT2D eigenvalue weighted by molar-refractivity contribution is 7.16. The number of carbonyl (C=O) groups excluding carboxylic acids is 1. The van der Waals surface area contributed by atoms with Gasteiger partial charge in [-0.15, -0.1) is 0 Å². The monoisotopic (exact) mass is 333 g/mol. The second kappa shape index (κ2) is 6.44. The first-order valence-electron chi connectivity index (χ1n) is 6.59. The number of nitro groups is 1. The molecular weight excluding hydrogens is 322 g/mol. The van der Waals surface area contributed by atoms with Gasteiger partial charge in [-0.1, -0.05) is 23.5 Å². The Morgan fingerprint density at radius 2 is 2.13 bits per heavy atom. The lowest BCUT2D eigenvalue weighted by Crippen LogP contribution is -2.42. The molecule has 0 bridgehead atoms. The van der Waals surface area contributed by atoms with Crippen LogP contribution in [0.25, 0.3) is 0 Å². The molecule has 1 aromatic heterocycles. The van der Waals surface area contributed by atoms with Crippen LogP contribution in [-0.2, 0) is 4.79 Å². The van der Waals surface area contributed by atoms with Gasteiger partial charge in [0.15, 0.2) is 11.5 Å². The summed E-state index contributed by atoms with van der Waals surface area (Å²) in [4.78, 5) is 22.6. The van der Waals surface area contributed by atoms with Gasteiger partial charge < -0.3 is 9.47 Å². The molecule has 0 saturated heterocycles. The number of carbonyl (C=O) groups is 1. The summed E-state index contributed by atoms with van der Waals surface area (Å²) >= 11 is 0.963. The number of benzene rings is 1. The molecule has 1 N–H and O–H groups in total. The van der Waals surface area contributed by atoms with Crippen molar-refractivity contribution in [2.45, 2.75) is 6.10 Å². The van der Waals surface area contributed by atoms with Crippen molar-refractivity contribution in [2.75, 3.05) is 6.61 Å². The highest BCUT2D eigenvalue weighted by Gasteiger charge is 2.26. The maximum Gasteiger partial charge on any atom is 0.324 e. The van der Waals surface area contributed by atoms with Crippen LogP contribution in [0.1, 0.15) is 4.88 Å². The molecule has 0 spiro atoms. The van der Waals surface area contributed by atoms with E-state index < -0.39 is 16.9 Å². The number of nitrogens with one attached hydrogen (secondary N) is 1. The van der Waals surface area contributed by atoms with Gasteiger partial charge in [-0.25, -0.2) is 5.43 Å². The van der Waals surface area contributed by atoms with E-state index in [2.05, 4.69) is 10.5 Å². The van der Waals surface area contributed by atoms with E-state index in [0.717, 1.165) is 11.3 Å². The van der Waals surface area contributed by atoms with Gasteiger partial charge in [-0.2, -0.15) is 5.10 Å². The fraction of sp³-hybridized carbons (Fsp3) is 0.143. The van der Waals surface area contributed by atoms with Gasteiger partial charge in [0.2, 0.25) is 6.10 Å². The molecule has 1 aromatic carbocycles. The van der Waals surface area contributed by atoms with Crippen molar-refractivity contribution < 1.29 is 19.2 Å². The molecule has 1 aliphatic rings. The number of fused-ring (bicyclic) bond motifs is 1. The van der Waals surface area contributed by atoms with Crippen molar-refractivity contribution in [1.29, 1.82) is 0 Å². The molecule has 9 heteroatoms. The second-order valence-corrected chi connectivity index (χ2v) is 5.63. The first-order valence-corrected chi connectivity index (χ1v) is 7.41. The van der Waals surface area contributed by atoms with Crippen LogP contribution in [-0.4, -0.2) is 29.8 Å². The largest absolute Gasteiger partial charge is 0.485 e. The zero-order chi connectivity index (χ0) is 16.2. The topological polar surface area (TPSA) is 103 Å². The molecule has 2 heterocycles. The minimum absolute atomic E-state index is 0.0124. The fourth-order valence-corrected chi connectivity index (χ4v) is 2.58. The van der Waals surface area contributed by atoms with Crippen LogP contribution >= 0.6 is 11.3 Å². The van der Waals surface area contributed by atoms with E-state index in [1.165, 1.54) is 12.3 Å². The van der Waals surface area contributed by atoms with E-state index in [9.17, 15) is 14.9 Å². The average molecular weight is 333 g/mol. The Balaban J connectivity index is 1.57. The molecule has 118 valence electrons. The normalized spacial score (nSPS) is 16.3. The number of para-hydroxylation sites is 2. The Labute approximate surface area is 134 Å². The Morgan fingerprint density at radius 3 is 2.87 bits per heavy atom. The zero-order valence-corrected chi connectivity index (χ0v) is 12.5. The Bertz CT molecular complexity index is 773. The fourth-order valence-electron chi connectivity index (χ4n) is 1.89.